The highest BCUT2D eigenvalue weighted by Gasteiger charge is 2.24. The SMILES string of the molecule is CNC(=O)c1ccc2c(c1)sc1nc(-c3ccc([C@@H]4C[C@H](O)CN4)cc3F)cn12. The van der Waals surface area contributed by atoms with Crippen LogP contribution in [0.1, 0.15) is 28.4 Å². The minimum Gasteiger partial charge on any atom is -0.392 e. The summed E-state index contributed by atoms with van der Waals surface area (Å²) in [6.07, 6.45) is 2.02. The number of aliphatic hydroxyl groups excluding tert-OH is 1. The quantitative estimate of drug-likeness (QED) is 0.485. The number of hydrogen-bond acceptors (Lipinski definition) is 5. The second kappa shape index (κ2) is 6.91. The van der Waals surface area contributed by atoms with Crippen LogP contribution in [-0.4, -0.2) is 40.1 Å². The molecule has 29 heavy (non-hydrogen) atoms. The fourth-order valence-electron chi connectivity index (χ4n) is 3.84. The number of rotatable bonds is 3. The number of nitrogens with one attached hydrogen (secondary N) is 2. The molecule has 3 heterocycles. The maximum absolute atomic E-state index is 14.8. The second-order valence-electron chi connectivity index (χ2n) is 7.23. The molecular weight excluding hydrogens is 391 g/mol. The van der Waals surface area contributed by atoms with Crippen molar-refractivity contribution in [3.63, 3.8) is 0 Å². The van der Waals surface area contributed by atoms with Gasteiger partial charge in [0.2, 0.25) is 0 Å². The molecule has 3 N–H and O–H groups in total. The smallest absolute Gasteiger partial charge is 0.251 e. The summed E-state index contributed by atoms with van der Waals surface area (Å²) in [6, 6.07) is 10.6. The largest absolute Gasteiger partial charge is 0.392 e. The lowest BCUT2D eigenvalue weighted by Gasteiger charge is -2.11. The molecule has 4 aromatic rings. The number of amides is 1. The van der Waals surface area contributed by atoms with Gasteiger partial charge in [0.25, 0.3) is 5.91 Å². The van der Waals surface area contributed by atoms with Crippen LogP contribution in [-0.2, 0) is 0 Å². The number of thiazole rings is 1. The molecule has 0 aliphatic carbocycles. The maximum atomic E-state index is 14.8. The van der Waals surface area contributed by atoms with Crippen LogP contribution in [0.25, 0.3) is 26.4 Å². The van der Waals surface area contributed by atoms with Crippen molar-refractivity contribution < 1.29 is 14.3 Å². The summed E-state index contributed by atoms with van der Waals surface area (Å²) in [5.41, 5.74) is 3.36. The molecule has 0 bridgehead atoms. The Balaban J connectivity index is 1.51. The first kappa shape index (κ1) is 18.2. The zero-order valence-corrected chi connectivity index (χ0v) is 16.5. The lowest BCUT2D eigenvalue weighted by atomic mass is 10.0. The Kier molecular flexibility index (Phi) is 4.34. The van der Waals surface area contributed by atoms with Crippen molar-refractivity contribution >= 4 is 32.4 Å². The number of aliphatic hydroxyl groups is 1. The first-order valence-corrected chi connectivity index (χ1v) is 10.2. The minimum atomic E-state index is -0.389. The summed E-state index contributed by atoms with van der Waals surface area (Å²) in [5.74, 6) is -0.465. The average Bonchev–Trinajstić information content (AvgIpc) is 3.41. The normalized spacial score (nSPS) is 19.3. The molecule has 0 saturated carbocycles. The number of carbonyl (C=O) groups excluding carboxylic acids is 1. The first-order valence-electron chi connectivity index (χ1n) is 9.38. The molecular formula is C21H19FN4O2S. The van der Waals surface area contributed by atoms with E-state index in [0.717, 1.165) is 20.7 Å². The Labute approximate surface area is 170 Å². The summed E-state index contributed by atoms with van der Waals surface area (Å²) < 4.78 is 17.7. The third-order valence-electron chi connectivity index (χ3n) is 5.36. The van der Waals surface area contributed by atoms with Crippen LogP contribution in [0.5, 0.6) is 0 Å². The summed E-state index contributed by atoms with van der Waals surface area (Å²) >= 11 is 1.46. The molecule has 1 fully saturated rings. The highest BCUT2D eigenvalue weighted by atomic mass is 32.1. The lowest BCUT2D eigenvalue weighted by molar-refractivity contribution is 0.0963. The molecule has 148 valence electrons. The number of aromatic nitrogens is 2. The average molecular weight is 410 g/mol. The summed E-state index contributed by atoms with van der Waals surface area (Å²) in [7, 11) is 1.60. The standard InChI is InChI=1S/C21H19FN4O2S/c1-23-20(28)12-3-5-18-19(7-12)29-21-25-17(10-26(18)21)14-4-2-11(6-15(14)22)16-8-13(27)9-24-16/h2-7,10,13,16,24,27H,8-9H2,1H3,(H,23,28)/t13-,16-/m0/s1. The van der Waals surface area contributed by atoms with Crippen molar-refractivity contribution in [2.45, 2.75) is 18.6 Å². The number of β-amino-alcohol motifs (C(OH)–C–C–N with tert-alkyl or cyclic N) is 1. The van der Waals surface area contributed by atoms with Crippen LogP contribution in [0, 0.1) is 5.82 Å². The molecule has 6 nitrogen and oxygen atoms in total. The van der Waals surface area contributed by atoms with Crippen molar-refractivity contribution in [3.05, 3.63) is 59.5 Å². The van der Waals surface area contributed by atoms with E-state index in [9.17, 15) is 14.3 Å². The molecule has 5 rings (SSSR count). The van der Waals surface area contributed by atoms with E-state index in [1.807, 2.05) is 28.8 Å². The lowest BCUT2D eigenvalue weighted by Crippen LogP contribution is -2.17. The number of hydrogen-bond donors (Lipinski definition) is 3. The zero-order chi connectivity index (χ0) is 20.1. The van der Waals surface area contributed by atoms with E-state index in [-0.39, 0.29) is 23.9 Å². The molecule has 2 aromatic heterocycles. The highest BCUT2D eigenvalue weighted by molar-refractivity contribution is 7.23. The van der Waals surface area contributed by atoms with Gasteiger partial charge in [0.1, 0.15) is 5.82 Å². The van der Waals surface area contributed by atoms with E-state index >= 15 is 0 Å². The molecule has 1 amide bonds. The van der Waals surface area contributed by atoms with Crippen LogP contribution < -0.4 is 10.6 Å². The molecule has 2 atom stereocenters. The van der Waals surface area contributed by atoms with Crippen LogP contribution in [0.2, 0.25) is 0 Å². The van der Waals surface area contributed by atoms with Crippen molar-refractivity contribution in [1.29, 1.82) is 0 Å². The monoisotopic (exact) mass is 410 g/mol. The Hall–Kier alpha value is -2.81. The van der Waals surface area contributed by atoms with E-state index in [0.29, 0.717) is 29.8 Å². The van der Waals surface area contributed by atoms with Gasteiger partial charge in [0.05, 0.1) is 22.0 Å². The third-order valence-corrected chi connectivity index (χ3v) is 6.38. The molecule has 0 unspecified atom stereocenters. The van der Waals surface area contributed by atoms with Crippen LogP contribution >= 0.6 is 11.3 Å². The van der Waals surface area contributed by atoms with Crippen molar-refractivity contribution in [1.82, 2.24) is 20.0 Å². The van der Waals surface area contributed by atoms with Gasteiger partial charge in [-0.2, -0.15) is 0 Å². The molecule has 0 spiro atoms. The van der Waals surface area contributed by atoms with Crippen molar-refractivity contribution in [2.24, 2.45) is 0 Å². The Bertz CT molecular complexity index is 1250. The van der Waals surface area contributed by atoms with Gasteiger partial charge in [-0.1, -0.05) is 17.4 Å². The van der Waals surface area contributed by atoms with E-state index in [4.69, 9.17) is 0 Å². The molecule has 0 radical (unpaired) electrons. The fourth-order valence-corrected chi connectivity index (χ4v) is 4.89. The van der Waals surface area contributed by atoms with Crippen molar-refractivity contribution in [2.75, 3.05) is 13.6 Å². The van der Waals surface area contributed by atoms with E-state index < -0.39 is 0 Å². The van der Waals surface area contributed by atoms with Crippen LogP contribution in [0.4, 0.5) is 4.39 Å². The Morgan fingerprint density at radius 2 is 2.21 bits per heavy atom. The highest BCUT2D eigenvalue weighted by Crippen LogP contribution is 2.32. The van der Waals surface area contributed by atoms with Gasteiger partial charge in [-0.05, 0) is 42.3 Å². The Morgan fingerprint density at radius 3 is 2.93 bits per heavy atom. The third kappa shape index (κ3) is 3.09. The van der Waals surface area contributed by atoms with Crippen LogP contribution in [0.3, 0.4) is 0 Å². The number of carbonyl (C=O) groups is 1. The predicted octanol–water partition coefficient (Wildman–Crippen LogP) is 3.11. The number of imidazole rings is 1. The number of nitrogens with zero attached hydrogens (tertiary/aromatic N) is 2. The van der Waals surface area contributed by atoms with E-state index in [1.54, 1.807) is 19.2 Å². The molecule has 8 heteroatoms. The Morgan fingerprint density at radius 1 is 1.34 bits per heavy atom. The topological polar surface area (TPSA) is 78.7 Å². The molecule has 1 saturated heterocycles. The maximum Gasteiger partial charge on any atom is 0.251 e. The van der Waals surface area contributed by atoms with Gasteiger partial charge in [-0.15, -0.1) is 0 Å². The zero-order valence-electron chi connectivity index (χ0n) is 15.6. The first-order chi connectivity index (χ1) is 14.0. The van der Waals surface area contributed by atoms with E-state index in [2.05, 4.69) is 15.6 Å². The second-order valence-corrected chi connectivity index (χ2v) is 8.24. The summed E-state index contributed by atoms with van der Waals surface area (Å²) in [5, 5.41) is 15.5. The number of benzene rings is 2. The van der Waals surface area contributed by atoms with Gasteiger partial charge >= 0.3 is 0 Å². The number of halogens is 1. The molecule has 1 aliphatic rings. The minimum absolute atomic E-state index is 0.0301. The summed E-state index contributed by atoms with van der Waals surface area (Å²) in [6.45, 7) is 0.528. The molecule has 1 aliphatic heterocycles. The van der Waals surface area contributed by atoms with Crippen LogP contribution in [0.15, 0.2) is 42.6 Å². The van der Waals surface area contributed by atoms with Gasteiger partial charge in [0, 0.05) is 37.0 Å². The van der Waals surface area contributed by atoms with E-state index in [1.165, 1.54) is 17.4 Å². The van der Waals surface area contributed by atoms with Gasteiger partial charge in [-0.25, -0.2) is 9.37 Å². The molecule has 2 aromatic carbocycles. The predicted molar refractivity (Wildman–Crippen MR) is 111 cm³/mol. The van der Waals surface area contributed by atoms with Gasteiger partial charge < -0.3 is 15.7 Å². The summed E-state index contributed by atoms with van der Waals surface area (Å²) in [4.78, 5) is 17.2. The number of fused-ring (bicyclic) bond motifs is 3. The van der Waals surface area contributed by atoms with Gasteiger partial charge in [-0.3, -0.25) is 9.20 Å². The van der Waals surface area contributed by atoms with Crippen molar-refractivity contribution in [3.8, 4) is 11.3 Å². The fraction of sp³-hybridized carbons (Fsp3) is 0.238. The van der Waals surface area contributed by atoms with Gasteiger partial charge in [0.15, 0.2) is 4.96 Å².